The van der Waals surface area contributed by atoms with Crippen LogP contribution in [0, 0.1) is 0 Å². The summed E-state index contributed by atoms with van der Waals surface area (Å²) in [7, 11) is 0. The molecule has 7 heteroatoms. The number of nitrogens with two attached hydrogens (primary N) is 1. The van der Waals surface area contributed by atoms with E-state index < -0.39 is 0 Å². The van der Waals surface area contributed by atoms with E-state index in [4.69, 9.17) is 22.3 Å². The Hall–Kier alpha value is -3.25. The van der Waals surface area contributed by atoms with Gasteiger partial charge in [-0.3, -0.25) is 4.79 Å². The molecule has 4 rings (SSSR count). The summed E-state index contributed by atoms with van der Waals surface area (Å²) in [5, 5.41) is 1.16. The molecule has 2 heterocycles. The zero-order chi connectivity index (χ0) is 20.5. The van der Waals surface area contributed by atoms with Crippen LogP contribution in [0.1, 0.15) is 25.4 Å². The number of nitrogen functional groups attached to an aromatic ring is 1. The second kappa shape index (κ2) is 7.64. The minimum absolute atomic E-state index is 0.201. The highest BCUT2D eigenvalue weighted by Crippen LogP contribution is 2.30. The van der Waals surface area contributed by atoms with Crippen LogP contribution in [0.3, 0.4) is 0 Å². The Morgan fingerprint density at radius 3 is 2.38 bits per heavy atom. The number of hydrogen-bond donors (Lipinski definition) is 1. The second-order valence-electron chi connectivity index (χ2n) is 6.63. The van der Waals surface area contributed by atoms with E-state index >= 15 is 0 Å². The molecule has 0 bridgehead atoms. The van der Waals surface area contributed by atoms with Gasteiger partial charge < -0.3 is 5.73 Å². The van der Waals surface area contributed by atoms with E-state index in [9.17, 15) is 4.79 Å². The maximum absolute atomic E-state index is 13.2. The number of anilines is 1. The van der Waals surface area contributed by atoms with E-state index in [2.05, 4.69) is 9.97 Å². The van der Waals surface area contributed by atoms with Crippen molar-refractivity contribution in [1.29, 1.82) is 0 Å². The highest BCUT2D eigenvalue weighted by Gasteiger charge is 2.18. The lowest BCUT2D eigenvalue weighted by Gasteiger charge is -2.15. The van der Waals surface area contributed by atoms with Crippen molar-refractivity contribution < 1.29 is 0 Å². The van der Waals surface area contributed by atoms with Crippen LogP contribution in [0.25, 0.3) is 28.0 Å². The van der Waals surface area contributed by atoms with Gasteiger partial charge >= 0.3 is 0 Å². The van der Waals surface area contributed by atoms with Gasteiger partial charge in [0.25, 0.3) is 5.56 Å². The molecule has 29 heavy (non-hydrogen) atoms. The summed E-state index contributed by atoms with van der Waals surface area (Å²) in [4.78, 5) is 27.0. The first-order valence-electron chi connectivity index (χ1n) is 9.46. The number of aromatic nitrogens is 4. The van der Waals surface area contributed by atoms with Crippen molar-refractivity contribution >= 4 is 28.3 Å². The van der Waals surface area contributed by atoms with E-state index in [0.29, 0.717) is 40.4 Å². The van der Waals surface area contributed by atoms with Crippen molar-refractivity contribution in [3.63, 3.8) is 0 Å². The van der Waals surface area contributed by atoms with Crippen LogP contribution in [0.15, 0.2) is 53.3 Å². The zero-order valence-corrected chi connectivity index (χ0v) is 16.9. The minimum Gasteiger partial charge on any atom is -0.383 e. The standard InChI is InChI=1S/C22H20ClN5O/c1-3-16-19(13-9-11-14(23)12-10-13)20(24)27-22(26-16)28-18(4-2)25-17-8-6-5-7-15(17)21(28)29/h5-12H,3-4H2,1-2H3,(H2,24,26,27). The van der Waals surface area contributed by atoms with Crippen molar-refractivity contribution in [2.45, 2.75) is 26.7 Å². The number of hydrogen-bond acceptors (Lipinski definition) is 5. The Kier molecular flexibility index (Phi) is 5.03. The lowest BCUT2D eigenvalue weighted by Crippen LogP contribution is -2.26. The number of halogens is 1. The Balaban J connectivity index is 1.97. The Morgan fingerprint density at radius 2 is 1.69 bits per heavy atom. The Labute approximate surface area is 173 Å². The monoisotopic (exact) mass is 405 g/mol. The molecular weight excluding hydrogens is 386 g/mol. The number of nitrogens with zero attached hydrogens (tertiary/aromatic N) is 4. The third-order valence-electron chi connectivity index (χ3n) is 4.83. The largest absolute Gasteiger partial charge is 0.383 e. The zero-order valence-electron chi connectivity index (χ0n) is 16.2. The van der Waals surface area contributed by atoms with Crippen molar-refractivity contribution in [3.8, 4) is 17.1 Å². The lowest BCUT2D eigenvalue weighted by atomic mass is 10.0. The Bertz CT molecular complexity index is 1260. The third-order valence-corrected chi connectivity index (χ3v) is 5.08. The van der Waals surface area contributed by atoms with Crippen LogP contribution < -0.4 is 11.3 Å². The molecule has 0 unspecified atom stereocenters. The molecule has 0 aliphatic rings. The highest BCUT2D eigenvalue weighted by atomic mass is 35.5. The molecule has 0 atom stereocenters. The summed E-state index contributed by atoms with van der Waals surface area (Å²) in [6.07, 6.45) is 1.19. The predicted octanol–water partition coefficient (Wildman–Crippen LogP) is 4.20. The van der Waals surface area contributed by atoms with E-state index in [0.717, 1.165) is 16.8 Å². The average Bonchev–Trinajstić information content (AvgIpc) is 2.74. The van der Waals surface area contributed by atoms with Crippen molar-refractivity contribution in [2.24, 2.45) is 0 Å². The van der Waals surface area contributed by atoms with Gasteiger partial charge in [-0.25, -0.2) is 14.5 Å². The summed E-state index contributed by atoms with van der Waals surface area (Å²) in [6, 6.07) is 14.6. The second-order valence-corrected chi connectivity index (χ2v) is 7.07. The van der Waals surface area contributed by atoms with Gasteiger partial charge in [0.1, 0.15) is 11.6 Å². The van der Waals surface area contributed by atoms with Gasteiger partial charge in [-0.2, -0.15) is 4.98 Å². The molecule has 0 aliphatic carbocycles. The van der Waals surface area contributed by atoms with Gasteiger partial charge in [-0.15, -0.1) is 0 Å². The van der Waals surface area contributed by atoms with Gasteiger partial charge in [0.15, 0.2) is 0 Å². The van der Waals surface area contributed by atoms with Crippen LogP contribution >= 0.6 is 11.6 Å². The normalized spacial score (nSPS) is 11.1. The van der Waals surface area contributed by atoms with E-state index in [1.165, 1.54) is 4.57 Å². The molecular formula is C22H20ClN5O. The SMILES string of the molecule is CCc1nc(-n2c(CC)nc3ccccc3c2=O)nc(N)c1-c1ccc(Cl)cc1. The minimum atomic E-state index is -0.201. The molecule has 0 fully saturated rings. The summed E-state index contributed by atoms with van der Waals surface area (Å²) in [6.45, 7) is 3.94. The maximum atomic E-state index is 13.2. The van der Waals surface area contributed by atoms with Crippen LogP contribution in [-0.4, -0.2) is 19.5 Å². The van der Waals surface area contributed by atoms with Crippen molar-refractivity contribution in [3.05, 3.63) is 75.4 Å². The fraction of sp³-hybridized carbons (Fsp3) is 0.182. The third kappa shape index (κ3) is 3.36. The molecule has 146 valence electrons. The highest BCUT2D eigenvalue weighted by molar-refractivity contribution is 6.30. The molecule has 0 aliphatic heterocycles. The summed E-state index contributed by atoms with van der Waals surface area (Å²) < 4.78 is 1.46. The van der Waals surface area contributed by atoms with E-state index in [-0.39, 0.29) is 11.5 Å². The fourth-order valence-corrected chi connectivity index (χ4v) is 3.55. The number of fused-ring (bicyclic) bond motifs is 1. The molecule has 6 nitrogen and oxygen atoms in total. The topological polar surface area (TPSA) is 86.7 Å². The molecule has 2 aromatic heterocycles. The van der Waals surface area contributed by atoms with Crippen LogP contribution in [0.2, 0.25) is 5.02 Å². The lowest BCUT2D eigenvalue weighted by molar-refractivity contribution is 0.779. The molecule has 0 amide bonds. The molecule has 2 N–H and O–H groups in total. The number of benzene rings is 2. The summed E-state index contributed by atoms with van der Waals surface area (Å²) in [5.41, 5.74) is 9.20. The molecule has 4 aromatic rings. The molecule has 0 saturated carbocycles. The number of aryl methyl sites for hydroxylation is 2. The van der Waals surface area contributed by atoms with Gasteiger partial charge in [-0.05, 0) is 36.2 Å². The van der Waals surface area contributed by atoms with Gasteiger partial charge in [0.05, 0.1) is 16.6 Å². The first kappa shape index (κ1) is 19.1. The van der Waals surface area contributed by atoms with E-state index in [1.54, 1.807) is 18.2 Å². The Morgan fingerprint density at radius 1 is 0.966 bits per heavy atom. The fourth-order valence-electron chi connectivity index (χ4n) is 3.42. The van der Waals surface area contributed by atoms with Gasteiger partial charge in [-0.1, -0.05) is 49.7 Å². The molecule has 0 spiro atoms. The van der Waals surface area contributed by atoms with Crippen LogP contribution in [0.4, 0.5) is 5.82 Å². The smallest absolute Gasteiger partial charge is 0.268 e. The number of para-hydroxylation sites is 1. The van der Waals surface area contributed by atoms with E-state index in [1.807, 2.05) is 44.2 Å². The molecule has 0 saturated heterocycles. The number of rotatable bonds is 4. The predicted molar refractivity (Wildman–Crippen MR) is 117 cm³/mol. The van der Waals surface area contributed by atoms with Crippen LogP contribution in [0.5, 0.6) is 0 Å². The average molecular weight is 406 g/mol. The van der Waals surface area contributed by atoms with Crippen LogP contribution in [-0.2, 0) is 12.8 Å². The van der Waals surface area contributed by atoms with Crippen molar-refractivity contribution in [1.82, 2.24) is 19.5 Å². The first-order chi connectivity index (χ1) is 14.0. The summed E-state index contributed by atoms with van der Waals surface area (Å²) in [5.74, 6) is 1.16. The quantitative estimate of drug-likeness (QED) is 0.549. The molecule has 2 aromatic carbocycles. The first-order valence-corrected chi connectivity index (χ1v) is 9.84. The molecule has 0 radical (unpaired) electrons. The summed E-state index contributed by atoms with van der Waals surface area (Å²) >= 11 is 6.01. The van der Waals surface area contributed by atoms with Gasteiger partial charge in [0.2, 0.25) is 5.95 Å². The maximum Gasteiger partial charge on any atom is 0.268 e. The van der Waals surface area contributed by atoms with Crippen molar-refractivity contribution in [2.75, 3.05) is 5.73 Å². The van der Waals surface area contributed by atoms with Gasteiger partial charge in [0, 0.05) is 17.0 Å².